The summed E-state index contributed by atoms with van der Waals surface area (Å²) in [5, 5.41) is 2.99. The number of rotatable bonds is 1. The Morgan fingerprint density at radius 1 is 1.15 bits per heavy atom. The van der Waals surface area contributed by atoms with Gasteiger partial charge in [-0.25, -0.2) is 13.2 Å². The average Bonchev–Trinajstić information content (AvgIpc) is 2.73. The second kappa shape index (κ2) is 5.50. The number of hydrogen-bond donors (Lipinski definition) is 1. The lowest BCUT2D eigenvalue weighted by atomic mass is 10.1. The van der Waals surface area contributed by atoms with Crippen LogP contribution in [0.5, 0.6) is 0 Å². The van der Waals surface area contributed by atoms with Crippen LogP contribution in [-0.4, -0.2) is 75.4 Å². The molecule has 3 fully saturated rings. The van der Waals surface area contributed by atoms with Crippen LogP contribution in [-0.2, 0) is 19.3 Å². The molecule has 0 bridgehead atoms. The summed E-state index contributed by atoms with van der Waals surface area (Å²) in [6.45, 7) is 2.17. The zero-order valence-corrected chi connectivity index (χ0v) is 12.1. The Labute approximate surface area is 118 Å². The molecule has 8 heteroatoms. The van der Waals surface area contributed by atoms with Crippen LogP contribution < -0.4 is 5.32 Å². The summed E-state index contributed by atoms with van der Waals surface area (Å²) in [4.78, 5) is 14.0. The number of hydrogen-bond acceptors (Lipinski definition) is 5. The minimum atomic E-state index is -3.10. The van der Waals surface area contributed by atoms with Crippen molar-refractivity contribution in [3.05, 3.63) is 0 Å². The molecule has 0 aliphatic carbocycles. The monoisotopic (exact) mass is 304 g/mol. The fourth-order valence-electron chi connectivity index (χ4n) is 3.07. The summed E-state index contributed by atoms with van der Waals surface area (Å²) >= 11 is 0. The van der Waals surface area contributed by atoms with Gasteiger partial charge in [-0.1, -0.05) is 0 Å². The van der Waals surface area contributed by atoms with E-state index in [1.807, 2.05) is 0 Å². The molecule has 3 aliphatic rings. The molecule has 0 aromatic carbocycles. The number of ether oxygens (including phenoxy) is 2. The van der Waals surface area contributed by atoms with Crippen molar-refractivity contribution in [2.45, 2.75) is 31.0 Å². The van der Waals surface area contributed by atoms with E-state index < -0.39 is 9.84 Å². The molecular formula is C12H20N2O5S. The number of nitrogens with zero attached hydrogens (tertiary/aromatic N) is 1. The van der Waals surface area contributed by atoms with Gasteiger partial charge >= 0.3 is 6.03 Å². The van der Waals surface area contributed by atoms with Crippen LogP contribution in [0.2, 0.25) is 0 Å². The van der Waals surface area contributed by atoms with Crippen molar-refractivity contribution < 1.29 is 22.7 Å². The molecule has 2 unspecified atom stereocenters. The normalized spacial score (nSPS) is 33.7. The highest BCUT2D eigenvalue weighted by atomic mass is 32.2. The fourth-order valence-corrected chi connectivity index (χ4v) is 4.94. The minimum Gasteiger partial charge on any atom is -0.381 e. The van der Waals surface area contributed by atoms with Gasteiger partial charge < -0.3 is 19.7 Å². The molecule has 3 aliphatic heterocycles. The molecule has 2 atom stereocenters. The highest BCUT2D eigenvalue weighted by Crippen LogP contribution is 2.24. The van der Waals surface area contributed by atoms with E-state index in [9.17, 15) is 13.2 Å². The molecule has 3 saturated heterocycles. The molecule has 0 aromatic heterocycles. The third-order valence-corrected chi connectivity index (χ3v) is 5.83. The summed E-state index contributed by atoms with van der Waals surface area (Å²) < 4.78 is 34.1. The second-order valence-corrected chi connectivity index (χ2v) is 7.74. The van der Waals surface area contributed by atoms with E-state index in [0.717, 1.165) is 12.8 Å². The maximum Gasteiger partial charge on any atom is 0.318 e. The molecular weight excluding hydrogens is 284 g/mol. The van der Waals surface area contributed by atoms with Crippen LogP contribution in [0.1, 0.15) is 12.8 Å². The molecule has 2 amide bonds. The summed E-state index contributed by atoms with van der Waals surface area (Å²) in [6, 6.07) is -0.392. The quantitative estimate of drug-likeness (QED) is 0.697. The molecule has 0 aromatic rings. The largest absolute Gasteiger partial charge is 0.381 e. The maximum atomic E-state index is 12.3. The van der Waals surface area contributed by atoms with E-state index in [1.54, 1.807) is 4.90 Å². The standard InChI is InChI=1S/C12H20N2O5S/c15-12(13-9-1-4-18-5-2-9)14-3-6-19-11-8-20(16,17)7-10(11)14/h9-11H,1-8H2,(H,13,15). The Hall–Kier alpha value is -0.860. The first-order chi connectivity index (χ1) is 9.55. The first-order valence-electron chi connectivity index (χ1n) is 7.02. The molecule has 0 radical (unpaired) electrons. The number of morpholine rings is 1. The number of carbonyl (C=O) groups is 1. The summed E-state index contributed by atoms with van der Waals surface area (Å²) in [5.74, 6) is 0.0393. The molecule has 3 rings (SSSR count). The van der Waals surface area contributed by atoms with E-state index >= 15 is 0 Å². The maximum absolute atomic E-state index is 12.3. The van der Waals surface area contributed by atoms with Crippen molar-refractivity contribution in [3.8, 4) is 0 Å². The smallest absolute Gasteiger partial charge is 0.318 e. The van der Waals surface area contributed by atoms with Crippen molar-refractivity contribution >= 4 is 15.9 Å². The Balaban J connectivity index is 1.64. The number of nitrogens with one attached hydrogen (secondary N) is 1. The van der Waals surface area contributed by atoms with Gasteiger partial charge in [-0.15, -0.1) is 0 Å². The Morgan fingerprint density at radius 2 is 1.90 bits per heavy atom. The van der Waals surface area contributed by atoms with Crippen LogP contribution >= 0.6 is 0 Å². The van der Waals surface area contributed by atoms with Gasteiger partial charge in [0.2, 0.25) is 0 Å². The minimum absolute atomic E-state index is 0.0128. The predicted octanol–water partition coefficient (Wildman–Crippen LogP) is -0.627. The summed E-state index contributed by atoms with van der Waals surface area (Å²) in [5.41, 5.74) is 0. The second-order valence-electron chi connectivity index (χ2n) is 5.58. The van der Waals surface area contributed by atoms with Gasteiger partial charge in [0.1, 0.15) is 0 Å². The molecule has 114 valence electrons. The molecule has 7 nitrogen and oxygen atoms in total. The van der Waals surface area contributed by atoms with Crippen molar-refractivity contribution in [2.75, 3.05) is 37.9 Å². The lowest BCUT2D eigenvalue weighted by Crippen LogP contribution is -2.57. The van der Waals surface area contributed by atoms with Crippen LogP contribution in [0.15, 0.2) is 0 Å². The summed E-state index contributed by atoms with van der Waals surface area (Å²) in [6.07, 6.45) is 1.25. The van der Waals surface area contributed by atoms with Crippen LogP contribution in [0, 0.1) is 0 Å². The van der Waals surface area contributed by atoms with Gasteiger partial charge in [0, 0.05) is 25.8 Å². The van der Waals surface area contributed by atoms with E-state index in [0.29, 0.717) is 26.4 Å². The third-order valence-electron chi connectivity index (χ3n) is 4.15. The lowest BCUT2D eigenvalue weighted by molar-refractivity contribution is -0.0300. The van der Waals surface area contributed by atoms with E-state index in [4.69, 9.17) is 9.47 Å². The first kappa shape index (κ1) is 14.1. The highest BCUT2D eigenvalue weighted by molar-refractivity contribution is 7.91. The number of fused-ring (bicyclic) bond motifs is 1. The third kappa shape index (κ3) is 2.91. The van der Waals surface area contributed by atoms with Crippen LogP contribution in [0.4, 0.5) is 4.79 Å². The Morgan fingerprint density at radius 3 is 2.65 bits per heavy atom. The number of carbonyl (C=O) groups excluding carboxylic acids is 1. The molecule has 0 spiro atoms. The zero-order chi connectivity index (χ0) is 14.2. The van der Waals surface area contributed by atoms with Gasteiger partial charge in [-0.2, -0.15) is 0 Å². The molecule has 1 N–H and O–H groups in total. The SMILES string of the molecule is O=C(NC1CCOCC1)N1CCOC2CS(=O)(=O)CC21. The molecule has 3 heterocycles. The van der Waals surface area contributed by atoms with E-state index in [2.05, 4.69) is 5.32 Å². The average molecular weight is 304 g/mol. The lowest BCUT2D eigenvalue weighted by Gasteiger charge is -2.37. The van der Waals surface area contributed by atoms with Gasteiger partial charge in [0.25, 0.3) is 0 Å². The number of sulfone groups is 1. The van der Waals surface area contributed by atoms with E-state index in [1.165, 1.54) is 0 Å². The Bertz CT molecular complexity index is 474. The number of amides is 2. The first-order valence-corrected chi connectivity index (χ1v) is 8.84. The van der Waals surface area contributed by atoms with Crippen LogP contribution in [0.3, 0.4) is 0 Å². The topological polar surface area (TPSA) is 84.9 Å². The van der Waals surface area contributed by atoms with Crippen molar-refractivity contribution in [1.82, 2.24) is 10.2 Å². The van der Waals surface area contributed by atoms with Gasteiger partial charge in [-0.05, 0) is 12.8 Å². The zero-order valence-electron chi connectivity index (χ0n) is 11.3. The van der Waals surface area contributed by atoms with Crippen molar-refractivity contribution in [2.24, 2.45) is 0 Å². The van der Waals surface area contributed by atoms with Crippen LogP contribution in [0.25, 0.3) is 0 Å². The molecule has 0 saturated carbocycles. The van der Waals surface area contributed by atoms with Gasteiger partial charge in [0.05, 0.1) is 30.3 Å². The number of urea groups is 1. The highest BCUT2D eigenvalue weighted by Gasteiger charge is 2.45. The van der Waals surface area contributed by atoms with Gasteiger partial charge in [-0.3, -0.25) is 0 Å². The predicted molar refractivity (Wildman–Crippen MR) is 71.3 cm³/mol. The van der Waals surface area contributed by atoms with E-state index in [-0.39, 0.29) is 35.7 Å². The van der Waals surface area contributed by atoms with Crippen molar-refractivity contribution in [1.29, 1.82) is 0 Å². The summed E-state index contributed by atoms with van der Waals surface area (Å²) in [7, 11) is -3.10. The van der Waals surface area contributed by atoms with Crippen molar-refractivity contribution in [3.63, 3.8) is 0 Å². The fraction of sp³-hybridized carbons (Fsp3) is 0.917. The molecule has 20 heavy (non-hydrogen) atoms. The Kier molecular flexibility index (Phi) is 3.87. The van der Waals surface area contributed by atoms with Gasteiger partial charge in [0.15, 0.2) is 9.84 Å².